The average molecular weight is 452 g/mol. The standard InChI is InChI=1S/C20H22ClN3O5S/c1-2-9-29-23-19(25)14-5-8-18-17(10-14)24(11-13-3-6-15(21)7-4-13)20(26)16(22)12-30(18,27)28/h3-8,10,16H,2,9,11-12,22H2,1H3,(H,23,25)/t16-/m0/s1. The van der Waals surface area contributed by atoms with E-state index in [9.17, 15) is 18.0 Å². The van der Waals surface area contributed by atoms with Crippen molar-refractivity contribution >= 4 is 38.9 Å². The van der Waals surface area contributed by atoms with Crippen LogP contribution in [-0.4, -0.2) is 38.6 Å². The molecule has 0 spiro atoms. The first-order valence-corrected chi connectivity index (χ1v) is 11.4. The monoisotopic (exact) mass is 451 g/mol. The Morgan fingerprint density at radius 1 is 1.27 bits per heavy atom. The van der Waals surface area contributed by atoms with Crippen molar-refractivity contribution in [3.63, 3.8) is 0 Å². The van der Waals surface area contributed by atoms with E-state index in [1.165, 1.54) is 23.1 Å². The zero-order valence-electron chi connectivity index (χ0n) is 16.3. The second kappa shape index (κ2) is 9.13. The number of hydrogen-bond donors (Lipinski definition) is 2. The van der Waals surface area contributed by atoms with Gasteiger partial charge >= 0.3 is 0 Å². The van der Waals surface area contributed by atoms with Crippen LogP contribution in [0.3, 0.4) is 0 Å². The molecule has 0 saturated heterocycles. The molecule has 1 aliphatic rings. The number of carbonyl (C=O) groups is 2. The van der Waals surface area contributed by atoms with Gasteiger partial charge in [0.15, 0.2) is 9.84 Å². The predicted molar refractivity (Wildman–Crippen MR) is 113 cm³/mol. The molecule has 3 N–H and O–H groups in total. The van der Waals surface area contributed by atoms with E-state index in [4.69, 9.17) is 22.2 Å². The molecular weight excluding hydrogens is 430 g/mol. The molecule has 2 amide bonds. The molecular formula is C20H22ClN3O5S. The third-order valence-electron chi connectivity index (χ3n) is 4.55. The number of hydrogen-bond acceptors (Lipinski definition) is 6. The van der Waals surface area contributed by atoms with Crippen molar-refractivity contribution in [3.8, 4) is 0 Å². The first-order valence-electron chi connectivity index (χ1n) is 9.33. The lowest BCUT2D eigenvalue weighted by atomic mass is 10.1. The highest BCUT2D eigenvalue weighted by Crippen LogP contribution is 2.32. The predicted octanol–water partition coefficient (Wildman–Crippen LogP) is 2.06. The SMILES string of the molecule is CCCONC(=O)c1ccc2c(c1)N(Cc1ccc(Cl)cc1)C(=O)[C@@H](N)CS2(=O)=O. The van der Waals surface area contributed by atoms with E-state index in [1.807, 2.05) is 6.92 Å². The summed E-state index contributed by atoms with van der Waals surface area (Å²) >= 11 is 5.92. The van der Waals surface area contributed by atoms with Crippen LogP contribution in [0.5, 0.6) is 0 Å². The van der Waals surface area contributed by atoms with E-state index in [1.54, 1.807) is 24.3 Å². The van der Waals surface area contributed by atoms with Crippen molar-refractivity contribution in [1.29, 1.82) is 0 Å². The minimum absolute atomic E-state index is 0.0520. The molecule has 0 fully saturated rings. The molecule has 160 valence electrons. The van der Waals surface area contributed by atoms with Gasteiger partial charge in [-0.2, -0.15) is 0 Å². The van der Waals surface area contributed by atoms with Crippen molar-refractivity contribution in [3.05, 3.63) is 58.6 Å². The summed E-state index contributed by atoms with van der Waals surface area (Å²) in [6.07, 6.45) is 0.712. The second-order valence-corrected chi connectivity index (χ2v) is 9.34. The van der Waals surface area contributed by atoms with Gasteiger partial charge in [-0.3, -0.25) is 14.4 Å². The maximum Gasteiger partial charge on any atom is 0.274 e. The third kappa shape index (κ3) is 4.81. The van der Waals surface area contributed by atoms with E-state index < -0.39 is 33.4 Å². The molecule has 2 aromatic carbocycles. The van der Waals surface area contributed by atoms with Gasteiger partial charge in [-0.1, -0.05) is 30.7 Å². The Morgan fingerprint density at radius 2 is 1.97 bits per heavy atom. The van der Waals surface area contributed by atoms with Crippen LogP contribution < -0.4 is 16.1 Å². The minimum atomic E-state index is -3.83. The summed E-state index contributed by atoms with van der Waals surface area (Å²) in [7, 11) is -3.83. The fourth-order valence-electron chi connectivity index (χ4n) is 3.06. The zero-order valence-corrected chi connectivity index (χ0v) is 17.9. The lowest BCUT2D eigenvalue weighted by Crippen LogP contribution is -2.45. The number of carbonyl (C=O) groups excluding carboxylic acids is 2. The molecule has 0 saturated carbocycles. The Hall–Kier alpha value is -2.46. The number of halogens is 1. The molecule has 8 nitrogen and oxygen atoms in total. The minimum Gasteiger partial charge on any atom is -0.319 e. The maximum atomic E-state index is 12.9. The number of rotatable bonds is 6. The van der Waals surface area contributed by atoms with Crippen molar-refractivity contribution in [2.75, 3.05) is 17.3 Å². The van der Waals surface area contributed by atoms with Crippen molar-refractivity contribution in [1.82, 2.24) is 5.48 Å². The van der Waals surface area contributed by atoms with Crippen LogP contribution in [0.2, 0.25) is 5.02 Å². The van der Waals surface area contributed by atoms with Crippen LogP contribution in [0.1, 0.15) is 29.3 Å². The topological polar surface area (TPSA) is 119 Å². The molecule has 10 heteroatoms. The van der Waals surface area contributed by atoms with E-state index in [2.05, 4.69) is 5.48 Å². The van der Waals surface area contributed by atoms with E-state index >= 15 is 0 Å². The summed E-state index contributed by atoms with van der Waals surface area (Å²) in [6.45, 7) is 2.30. The number of sulfone groups is 1. The molecule has 3 rings (SSSR count). The Balaban J connectivity index is 2.05. The van der Waals surface area contributed by atoms with E-state index in [0.717, 1.165) is 5.56 Å². The lowest BCUT2D eigenvalue weighted by Gasteiger charge is -2.24. The molecule has 0 aliphatic carbocycles. The molecule has 0 bridgehead atoms. The molecule has 1 heterocycles. The van der Waals surface area contributed by atoms with Crippen LogP contribution in [0.25, 0.3) is 0 Å². The molecule has 2 aromatic rings. The highest BCUT2D eigenvalue weighted by molar-refractivity contribution is 7.91. The Bertz CT molecular complexity index is 1060. The largest absolute Gasteiger partial charge is 0.319 e. The third-order valence-corrected chi connectivity index (χ3v) is 6.62. The number of benzene rings is 2. The number of nitrogens with one attached hydrogen (secondary N) is 1. The van der Waals surface area contributed by atoms with Gasteiger partial charge in [-0.05, 0) is 42.3 Å². The number of fused-ring (bicyclic) bond motifs is 1. The van der Waals surface area contributed by atoms with Crippen LogP contribution in [0, 0.1) is 0 Å². The molecule has 1 atom stereocenters. The van der Waals surface area contributed by atoms with Gasteiger partial charge in [0.1, 0.15) is 0 Å². The summed E-state index contributed by atoms with van der Waals surface area (Å²) in [5.74, 6) is -1.61. The summed E-state index contributed by atoms with van der Waals surface area (Å²) in [5.41, 5.74) is 9.18. The van der Waals surface area contributed by atoms with Crippen LogP contribution in [0.4, 0.5) is 5.69 Å². The molecule has 30 heavy (non-hydrogen) atoms. The number of hydroxylamine groups is 1. The van der Waals surface area contributed by atoms with E-state index in [0.29, 0.717) is 18.1 Å². The van der Waals surface area contributed by atoms with Gasteiger partial charge in [0.05, 0.1) is 35.5 Å². The van der Waals surface area contributed by atoms with Gasteiger partial charge in [0, 0.05) is 10.6 Å². The molecule has 0 aromatic heterocycles. The number of amides is 2. The van der Waals surface area contributed by atoms with Crippen molar-refractivity contribution in [2.45, 2.75) is 30.8 Å². The Kier molecular flexibility index (Phi) is 6.77. The van der Waals surface area contributed by atoms with Gasteiger partial charge in [-0.25, -0.2) is 13.9 Å². The van der Waals surface area contributed by atoms with Crippen molar-refractivity contribution in [2.24, 2.45) is 5.73 Å². The summed E-state index contributed by atoms with van der Waals surface area (Å²) in [4.78, 5) is 31.6. The van der Waals surface area contributed by atoms with Gasteiger partial charge in [-0.15, -0.1) is 0 Å². The summed E-state index contributed by atoms with van der Waals surface area (Å²) in [6, 6.07) is 9.65. The number of nitrogens with zero attached hydrogens (tertiary/aromatic N) is 1. The van der Waals surface area contributed by atoms with Crippen LogP contribution in [0.15, 0.2) is 47.4 Å². The quantitative estimate of drug-likeness (QED) is 0.512. The van der Waals surface area contributed by atoms with Crippen LogP contribution in [-0.2, 0) is 26.0 Å². The first kappa shape index (κ1) is 22.2. The van der Waals surface area contributed by atoms with E-state index in [-0.39, 0.29) is 22.7 Å². The van der Waals surface area contributed by atoms with Gasteiger partial charge in [0.25, 0.3) is 5.91 Å². The fourth-order valence-corrected chi connectivity index (χ4v) is 4.75. The summed E-state index contributed by atoms with van der Waals surface area (Å²) in [5, 5.41) is 0.534. The second-order valence-electron chi connectivity index (χ2n) is 6.90. The highest BCUT2D eigenvalue weighted by Gasteiger charge is 2.36. The molecule has 0 unspecified atom stereocenters. The first-order chi connectivity index (χ1) is 14.2. The van der Waals surface area contributed by atoms with Crippen LogP contribution >= 0.6 is 11.6 Å². The van der Waals surface area contributed by atoms with Gasteiger partial charge in [0.2, 0.25) is 5.91 Å². The zero-order chi connectivity index (χ0) is 21.9. The maximum absolute atomic E-state index is 12.9. The Labute approximate surface area is 179 Å². The normalized spacial score (nSPS) is 17.9. The highest BCUT2D eigenvalue weighted by atomic mass is 35.5. The van der Waals surface area contributed by atoms with Gasteiger partial charge < -0.3 is 10.6 Å². The molecule has 1 aliphatic heterocycles. The van der Waals surface area contributed by atoms with Crippen molar-refractivity contribution < 1.29 is 22.8 Å². The number of nitrogens with two attached hydrogens (primary N) is 1. The lowest BCUT2D eigenvalue weighted by molar-refractivity contribution is -0.119. The average Bonchev–Trinajstić information content (AvgIpc) is 2.78. The fraction of sp³-hybridized carbons (Fsp3) is 0.300. The molecule has 0 radical (unpaired) electrons. The summed E-state index contributed by atoms with van der Waals surface area (Å²) < 4.78 is 25.6. The Morgan fingerprint density at radius 3 is 2.63 bits per heavy atom. The smallest absolute Gasteiger partial charge is 0.274 e. The number of anilines is 1.